The van der Waals surface area contributed by atoms with Gasteiger partial charge >= 0.3 is 56.6 Å². The molecule has 0 bridgehead atoms. The van der Waals surface area contributed by atoms with E-state index in [1.807, 2.05) is 109 Å². The normalized spacial score (nSPS) is 11.3. The average molecular weight is 1790 g/mol. The summed E-state index contributed by atoms with van der Waals surface area (Å²) in [5, 5.41) is 55.5. The van der Waals surface area contributed by atoms with Crippen LogP contribution in [0.3, 0.4) is 0 Å². The molecule has 12 nitrogen and oxygen atoms in total. The van der Waals surface area contributed by atoms with Gasteiger partial charge in [-0.05, 0) is 277 Å². The Bertz CT molecular complexity index is 9490. The van der Waals surface area contributed by atoms with Crippen molar-refractivity contribution >= 4 is 130 Å². The molecule has 0 spiro atoms. The van der Waals surface area contributed by atoms with Crippen LogP contribution in [0, 0.1) is 0 Å². The first-order valence-electron chi connectivity index (χ1n) is 46.3. The summed E-state index contributed by atoms with van der Waals surface area (Å²) in [4.78, 5) is 24.9. The maximum Gasteiger partial charge on any atom is 1.00 e. The smallest absolute Gasteiger partial charge is 0.868 e. The van der Waals surface area contributed by atoms with Crippen molar-refractivity contribution < 1.29 is 86.9 Å². The number of aromatic amines is 3. The maximum absolute atomic E-state index is 13.8. The van der Waals surface area contributed by atoms with Crippen molar-refractivity contribution in [3.05, 3.63) is 473 Å². The van der Waals surface area contributed by atoms with E-state index in [1.54, 1.807) is 18.2 Å². The van der Waals surface area contributed by atoms with Gasteiger partial charge in [0.1, 0.15) is 17.5 Å². The number of hydrogen-bond donors (Lipinski definition) is 0. The standard InChI is InChI=1S/3C42H27N3O.3Li/c46-41-36(23-20-28-10-8-24-43-40(28)41)39-34-13-5-4-9-31(34)26-32-25-30(21-22-35(32)39)27-16-18-29(19-17-27)42-44-37-14-6-7-15-38(37)45(42)33-11-2-1-3-12-33;46-39-16-8-10-28-22-24-37(43-41(28)39)40-34-13-5-4-9-31(34)26-32-25-30(21-23-35(32)40)27-17-19-29(20-18-27)42-44-36-14-6-7-15-38(36)45(42)33-11-2-1-3-12-33;46-39-23-22-35(36-13-8-24-43-41(36)39)40-33-12-5-4-9-30(33)26-31-25-29(20-21-34(31)40)27-16-18-28(19-17-27)42-44-37-14-6-7-15-38(37)45(42)32-10-2-1-3-11-32;;;/h3*1-26,46H;;;/q;;;3*+1. The second-order valence-corrected chi connectivity index (χ2v) is 35.0. The van der Waals surface area contributed by atoms with E-state index < -0.39 is 0 Å². The van der Waals surface area contributed by atoms with Gasteiger partial charge in [0.25, 0.3) is 0 Å². The van der Waals surface area contributed by atoms with Crippen LogP contribution < -0.4 is 86.9 Å². The molecule has 27 aromatic rings. The first-order chi connectivity index (χ1) is 68.2. The van der Waals surface area contributed by atoms with E-state index in [2.05, 4.69) is 374 Å². The molecular weight excluding hydrogens is 1710 g/mol. The summed E-state index contributed by atoms with van der Waals surface area (Å²) in [5.74, 6) is 2.75. The van der Waals surface area contributed by atoms with Crippen molar-refractivity contribution in [2.75, 3.05) is 0 Å². The van der Waals surface area contributed by atoms with E-state index in [0.29, 0.717) is 22.1 Å². The Labute approximate surface area is 847 Å². The van der Waals surface area contributed by atoms with Gasteiger partial charge in [0.15, 0.2) is 12.4 Å². The minimum absolute atomic E-state index is 0. The van der Waals surface area contributed by atoms with Crippen LogP contribution >= 0.6 is 0 Å². The molecule has 0 aliphatic carbocycles. The van der Waals surface area contributed by atoms with Gasteiger partial charge in [-0.1, -0.05) is 303 Å². The largest absolute Gasteiger partial charge is 1.00 e. The zero-order valence-electron chi connectivity index (χ0n) is 77.4. The number of aromatic nitrogens is 9. The number of benzene rings is 21. The monoisotopic (exact) mass is 1790 g/mol. The molecule has 0 unspecified atom stereocenters. The molecular formula is C126H81Li3N9O3+3. The van der Waals surface area contributed by atoms with Crippen molar-refractivity contribution in [1.82, 2.24) is 28.7 Å². The van der Waals surface area contributed by atoms with Gasteiger partial charge < -0.3 is 15.3 Å². The molecule has 0 radical (unpaired) electrons. The van der Waals surface area contributed by atoms with Gasteiger partial charge in [-0.2, -0.15) is 0 Å². The number of nitrogens with one attached hydrogen (secondary N) is 3. The van der Waals surface area contributed by atoms with Gasteiger partial charge in [0.05, 0.1) is 44.0 Å². The molecule has 21 aromatic carbocycles. The van der Waals surface area contributed by atoms with Gasteiger partial charge in [0.2, 0.25) is 22.2 Å². The minimum Gasteiger partial charge on any atom is -0.868 e. The maximum atomic E-state index is 13.8. The zero-order chi connectivity index (χ0) is 91.8. The molecule has 3 N–H and O–H groups in total. The fraction of sp³-hybridized carbons (Fsp3) is 0. The quantitative estimate of drug-likeness (QED) is 0.0872. The number of rotatable bonds is 12. The summed E-state index contributed by atoms with van der Waals surface area (Å²) in [6.07, 6.45) is 3.62. The topological polar surface area (TPSA) is 165 Å². The van der Waals surface area contributed by atoms with Crippen molar-refractivity contribution in [3.8, 4) is 135 Å². The molecule has 27 rings (SSSR count). The van der Waals surface area contributed by atoms with Crippen molar-refractivity contribution in [2.45, 2.75) is 0 Å². The molecule has 0 aliphatic heterocycles. The molecule has 0 aliphatic rings. The number of H-pyrrole nitrogens is 3. The fourth-order valence-electron chi connectivity index (χ4n) is 20.3. The van der Waals surface area contributed by atoms with E-state index in [-0.39, 0.29) is 73.8 Å². The number of imidazole rings is 3. The van der Waals surface area contributed by atoms with Crippen LogP contribution in [-0.2, 0) is 0 Å². The van der Waals surface area contributed by atoms with E-state index in [4.69, 9.17) is 15.0 Å². The van der Waals surface area contributed by atoms with Crippen molar-refractivity contribution in [1.29, 1.82) is 0 Å². The van der Waals surface area contributed by atoms with Crippen LogP contribution in [0.1, 0.15) is 0 Å². The Morgan fingerprint density at radius 2 is 0.525 bits per heavy atom. The SMILES string of the molecule is [Li+].[Li+].[Li+].[O-]c1c(-c2c3ccccc3cc3cc(-c4ccc(-c5nc6ccccc6n5-c5ccccc5)cc4)ccc23)ccc2ccc[nH+]c12.[O-]c1ccc(-c2c3ccccc3cc3cc(-c4ccc(-c5nc6ccccc6n5-c5ccccc5)cc4)ccc23)c2ccc[nH+]c12.[O-]c1cccc2ccc(-c3c4ccccc4cc4cc(-c5ccc(-c6nc7ccccc7n6-c6ccccc6)cc5)ccc34)[nH+]c12. The molecule has 141 heavy (non-hydrogen) atoms. The van der Waals surface area contributed by atoms with Crippen LogP contribution in [0.5, 0.6) is 17.2 Å². The molecule has 0 amide bonds. The van der Waals surface area contributed by atoms with Crippen LogP contribution in [0.25, 0.3) is 249 Å². The molecule has 0 atom stereocenters. The van der Waals surface area contributed by atoms with Gasteiger partial charge in [0, 0.05) is 62.7 Å². The predicted octanol–water partition coefficient (Wildman–Crippen LogP) is 19.1. The Balaban J connectivity index is 0.000000120. The third-order valence-electron chi connectivity index (χ3n) is 26.9. The summed E-state index contributed by atoms with van der Waals surface area (Å²) in [6, 6.07) is 159. The molecule has 0 fully saturated rings. The summed E-state index contributed by atoms with van der Waals surface area (Å²) >= 11 is 0. The zero-order valence-corrected chi connectivity index (χ0v) is 77.4. The van der Waals surface area contributed by atoms with Crippen molar-refractivity contribution in [2.24, 2.45) is 0 Å². The third-order valence-corrected chi connectivity index (χ3v) is 26.9. The summed E-state index contributed by atoms with van der Waals surface area (Å²) in [7, 11) is 0. The second kappa shape index (κ2) is 37.8. The summed E-state index contributed by atoms with van der Waals surface area (Å²) < 4.78 is 6.68. The van der Waals surface area contributed by atoms with Crippen LogP contribution in [0.2, 0.25) is 0 Å². The second-order valence-electron chi connectivity index (χ2n) is 35.0. The first-order valence-corrected chi connectivity index (χ1v) is 46.3. The van der Waals surface area contributed by atoms with Crippen LogP contribution in [0.4, 0.5) is 0 Å². The molecule has 6 heterocycles. The predicted molar refractivity (Wildman–Crippen MR) is 558 cm³/mol. The number of nitrogens with zero attached hydrogens (tertiary/aromatic N) is 6. The molecule has 648 valence electrons. The van der Waals surface area contributed by atoms with E-state index in [9.17, 15) is 15.3 Å². The van der Waals surface area contributed by atoms with Crippen LogP contribution in [0.15, 0.2) is 473 Å². The number of fused-ring (bicyclic) bond motifs is 12. The van der Waals surface area contributed by atoms with E-state index >= 15 is 0 Å². The Hall–Kier alpha value is -17.0. The summed E-state index contributed by atoms with van der Waals surface area (Å²) in [5.41, 5.74) is 27.1. The Morgan fingerprint density at radius 1 is 0.206 bits per heavy atom. The minimum atomic E-state index is -0.00559. The summed E-state index contributed by atoms with van der Waals surface area (Å²) in [6.45, 7) is 0. The third kappa shape index (κ3) is 16.2. The first kappa shape index (κ1) is 89.2. The van der Waals surface area contributed by atoms with E-state index in [1.165, 1.54) is 0 Å². The van der Waals surface area contributed by atoms with Gasteiger partial charge in [-0.15, -0.1) is 0 Å². The van der Waals surface area contributed by atoms with E-state index in [0.717, 1.165) is 226 Å². The van der Waals surface area contributed by atoms with Crippen LogP contribution in [-0.4, -0.2) is 28.7 Å². The van der Waals surface area contributed by atoms with Gasteiger partial charge in [-0.25, -0.2) is 29.9 Å². The number of pyridine rings is 3. The number of hydrogen-bond acceptors (Lipinski definition) is 6. The fourth-order valence-corrected chi connectivity index (χ4v) is 20.3. The Morgan fingerprint density at radius 3 is 0.979 bits per heavy atom. The van der Waals surface area contributed by atoms with Gasteiger partial charge in [-0.3, -0.25) is 13.7 Å². The Kier molecular flexibility index (Phi) is 23.9. The molecule has 0 saturated carbocycles. The molecule has 15 heteroatoms. The molecule has 6 aromatic heterocycles. The number of para-hydroxylation sites is 10. The molecule has 0 saturated heterocycles. The average Bonchev–Trinajstić information content (AvgIpc) is 1.52. The van der Waals surface area contributed by atoms with Crippen molar-refractivity contribution in [3.63, 3.8) is 0 Å².